The van der Waals surface area contributed by atoms with E-state index < -0.39 is 10.0 Å². The van der Waals surface area contributed by atoms with Crippen LogP contribution in [0.3, 0.4) is 0 Å². The number of hydrogen-bond donors (Lipinski definition) is 1. The lowest BCUT2D eigenvalue weighted by Crippen LogP contribution is -2.46. The number of carbonyl (C=O) groups excluding carboxylic acids is 1. The Balaban J connectivity index is 1.60. The first kappa shape index (κ1) is 19.8. The van der Waals surface area contributed by atoms with Crippen LogP contribution < -0.4 is 14.4 Å². The van der Waals surface area contributed by atoms with Gasteiger partial charge < -0.3 is 10.1 Å². The average molecular weight is 415 g/mol. The standard InChI is InChI=1S/C22H26N2O4S/c1-28-19-7-5-6-18(14-19)24(29(26,27)20-8-3-2-4-9-20)15-22(25)23-21-13-16-10-11-17(21)12-16/h2-9,14,16-17,21H,10-13,15H2,1H3,(H,23,25)/t16-,17+,21-/m1/s1. The molecule has 2 aromatic carbocycles. The number of nitrogens with zero attached hydrogens (tertiary/aromatic N) is 1. The highest BCUT2D eigenvalue weighted by molar-refractivity contribution is 7.92. The number of methoxy groups -OCH3 is 1. The molecule has 0 saturated heterocycles. The summed E-state index contributed by atoms with van der Waals surface area (Å²) in [4.78, 5) is 13.0. The van der Waals surface area contributed by atoms with Gasteiger partial charge in [0.15, 0.2) is 0 Å². The number of amides is 1. The van der Waals surface area contributed by atoms with E-state index in [1.54, 1.807) is 42.5 Å². The third-order valence-corrected chi connectivity index (χ3v) is 7.83. The predicted octanol–water partition coefficient (Wildman–Crippen LogP) is 3.20. The molecule has 4 rings (SSSR count). The number of anilines is 1. The molecule has 2 aliphatic carbocycles. The van der Waals surface area contributed by atoms with Gasteiger partial charge in [0.25, 0.3) is 10.0 Å². The van der Waals surface area contributed by atoms with Gasteiger partial charge >= 0.3 is 0 Å². The third kappa shape index (κ3) is 4.10. The van der Waals surface area contributed by atoms with Crippen LogP contribution in [0.25, 0.3) is 0 Å². The van der Waals surface area contributed by atoms with Gasteiger partial charge in [0, 0.05) is 12.1 Å². The van der Waals surface area contributed by atoms with Crippen LogP contribution in [0.5, 0.6) is 5.75 Å². The van der Waals surface area contributed by atoms with Crippen LogP contribution in [0.1, 0.15) is 25.7 Å². The summed E-state index contributed by atoms with van der Waals surface area (Å²) in [6.07, 6.45) is 4.57. The van der Waals surface area contributed by atoms with Gasteiger partial charge in [0.05, 0.1) is 17.7 Å². The molecule has 0 unspecified atom stereocenters. The smallest absolute Gasteiger partial charge is 0.264 e. The van der Waals surface area contributed by atoms with E-state index in [1.165, 1.54) is 32.1 Å². The van der Waals surface area contributed by atoms with Crippen LogP contribution in [0.4, 0.5) is 5.69 Å². The molecule has 1 N–H and O–H groups in total. The van der Waals surface area contributed by atoms with E-state index in [0.29, 0.717) is 23.3 Å². The number of carbonyl (C=O) groups is 1. The van der Waals surface area contributed by atoms with Gasteiger partial charge in [0.1, 0.15) is 12.3 Å². The highest BCUT2D eigenvalue weighted by Gasteiger charge is 2.40. The summed E-state index contributed by atoms with van der Waals surface area (Å²) in [7, 11) is -2.38. The van der Waals surface area contributed by atoms with Gasteiger partial charge in [-0.2, -0.15) is 0 Å². The summed E-state index contributed by atoms with van der Waals surface area (Å²) in [5, 5.41) is 3.09. The summed E-state index contributed by atoms with van der Waals surface area (Å²) in [6, 6.07) is 15.1. The zero-order chi connectivity index (χ0) is 20.4. The molecular weight excluding hydrogens is 388 g/mol. The van der Waals surface area contributed by atoms with Crippen molar-refractivity contribution in [1.29, 1.82) is 0 Å². The number of benzene rings is 2. The molecule has 7 heteroatoms. The highest BCUT2D eigenvalue weighted by atomic mass is 32.2. The van der Waals surface area contributed by atoms with Crippen molar-refractivity contribution in [2.24, 2.45) is 11.8 Å². The molecule has 0 heterocycles. The Labute approximate surface area is 171 Å². The number of fused-ring (bicyclic) bond motifs is 2. The normalized spacial score (nSPS) is 23.0. The number of ether oxygens (including phenoxy) is 1. The van der Waals surface area contributed by atoms with E-state index >= 15 is 0 Å². The molecule has 0 radical (unpaired) electrons. The summed E-state index contributed by atoms with van der Waals surface area (Å²) in [6.45, 7) is -0.266. The minimum absolute atomic E-state index is 0.149. The second-order valence-corrected chi connectivity index (χ2v) is 9.74. The second kappa shape index (κ2) is 8.06. The van der Waals surface area contributed by atoms with Gasteiger partial charge in [0.2, 0.25) is 5.91 Å². The number of rotatable bonds is 7. The molecule has 6 nitrogen and oxygen atoms in total. The Kier molecular flexibility index (Phi) is 5.50. The summed E-state index contributed by atoms with van der Waals surface area (Å²) < 4.78 is 33.1. The lowest BCUT2D eigenvalue weighted by atomic mass is 9.95. The van der Waals surface area contributed by atoms with Crippen molar-refractivity contribution in [3.8, 4) is 5.75 Å². The molecule has 0 aromatic heterocycles. The Bertz CT molecular complexity index is 977. The Morgan fingerprint density at radius 2 is 1.90 bits per heavy atom. The lowest BCUT2D eigenvalue weighted by Gasteiger charge is -2.27. The van der Waals surface area contributed by atoms with Gasteiger partial charge in [-0.3, -0.25) is 9.10 Å². The molecule has 3 atom stereocenters. The average Bonchev–Trinajstić information content (AvgIpc) is 3.36. The zero-order valence-electron chi connectivity index (χ0n) is 16.5. The highest BCUT2D eigenvalue weighted by Crippen LogP contribution is 2.44. The monoisotopic (exact) mass is 414 g/mol. The van der Waals surface area contributed by atoms with Crippen molar-refractivity contribution in [3.63, 3.8) is 0 Å². The quantitative estimate of drug-likeness (QED) is 0.755. The minimum atomic E-state index is -3.90. The number of nitrogens with one attached hydrogen (secondary N) is 1. The first-order chi connectivity index (χ1) is 14.0. The van der Waals surface area contributed by atoms with Gasteiger partial charge in [-0.15, -0.1) is 0 Å². The maximum Gasteiger partial charge on any atom is 0.264 e. The van der Waals surface area contributed by atoms with Crippen LogP contribution in [-0.4, -0.2) is 34.0 Å². The fourth-order valence-electron chi connectivity index (χ4n) is 4.60. The predicted molar refractivity (Wildman–Crippen MR) is 111 cm³/mol. The van der Waals surface area contributed by atoms with Crippen LogP contribution in [0.15, 0.2) is 59.5 Å². The number of hydrogen-bond acceptors (Lipinski definition) is 4. The summed E-state index contributed by atoms with van der Waals surface area (Å²) in [5.41, 5.74) is 0.399. The Morgan fingerprint density at radius 3 is 2.55 bits per heavy atom. The SMILES string of the molecule is COc1cccc(N(CC(=O)N[C@@H]2C[C@@H]3CC[C@H]2C3)S(=O)(=O)c2ccccc2)c1. The fraction of sp³-hybridized carbons (Fsp3) is 0.409. The molecule has 1 amide bonds. The van der Waals surface area contributed by atoms with E-state index in [9.17, 15) is 13.2 Å². The lowest BCUT2D eigenvalue weighted by molar-refractivity contribution is -0.120. The Hall–Kier alpha value is -2.54. The van der Waals surface area contributed by atoms with Crippen LogP contribution in [0.2, 0.25) is 0 Å². The van der Waals surface area contributed by atoms with E-state index in [1.807, 2.05) is 0 Å². The molecule has 2 aromatic rings. The molecule has 154 valence electrons. The van der Waals surface area contributed by atoms with E-state index in [2.05, 4.69) is 5.32 Å². The molecule has 0 aliphatic heterocycles. The summed E-state index contributed by atoms with van der Waals surface area (Å²) in [5.74, 6) is 1.49. The zero-order valence-corrected chi connectivity index (χ0v) is 17.3. The maximum atomic E-state index is 13.3. The van der Waals surface area contributed by atoms with E-state index in [0.717, 1.165) is 17.1 Å². The van der Waals surface area contributed by atoms with Crippen molar-refractivity contribution >= 4 is 21.6 Å². The van der Waals surface area contributed by atoms with E-state index in [-0.39, 0.29) is 23.4 Å². The number of sulfonamides is 1. The molecule has 2 aliphatic rings. The third-order valence-electron chi connectivity index (χ3n) is 6.04. The minimum Gasteiger partial charge on any atom is -0.497 e. The van der Waals surface area contributed by atoms with Crippen molar-refractivity contribution in [2.45, 2.75) is 36.6 Å². The molecule has 2 fully saturated rings. The van der Waals surface area contributed by atoms with Gasteiger partial charge in [-0.25, -0.2) is 8.42 Å². The topological polar surface area (TPSA) is 75.7 Å². The van der Waals surface area contributed by atoms with Crippen molar-refractivity contribution in [3.05, 3.63) is 54.6 Å². The maximum absolute atomic E-state index is 13.3. The first-order valence-electron chi connectivity index (χ1n) is 9.98. The van der Waals surface area contributed by atoms with Gasteiger partial charge in [-0.05, 0) is 55.4 Å². The molecule has 29 heavy (non-hydrogen) atoms. The van der Waals surface area contributed by atoms with Crippen LogP contribution >= 0.6 is 0 Å². The van der Waals surface area contributed by atoms with Crippen LogP contribution in [-0.2, 0) is 14.8 Å². The largest absolute Gasteiger partial charge is 0.497 e. The van der Waals surface area contributed by atoms with Gasteiger partial charge in [-0.1, -0.05) is 30.7 Å². The molecular formula is C22H26N2O4S. The van der Waals surface area contributed by atoms with Crippen molar-refractivity contribution in [1.82, 2.24) is 5.32 Å². The molecule has 0 spiro atoms. The summed E-state index contributed by atoms with van der Waals surface area (Å²) >= 11 is 0. The van der Waals surface area contributed by atoms with Crippen LogP contribution in [0, 0.1) is 11.8 Å². The first-order valence-corrected chi connectivity index (χ1v) is 11.4. The van der Waals surface area contributed by atoms with Crippen molar-refractivity contribution < 1.29 is 17.9 Å². The molecule has 2 bridgehead atoms. The Morgan fingerprint density at radius 1 is 1.10 bits per heavy atom. The fourth-order valence-corrected chi connectivity index (χ4v) is 6.04. The van der Waals surface area contributed by atoms with Crippen molar-refractivity contribution in [2.75, 3.05) is 18.0 Å². The molecule has 2 saturated carbocycles. The second-order valence-electron chi connectivity index (χ2n) is 7.88. The van der Waals surface area contributed by atoms with E-state index in [4.69, 9.17) is 4.74 Å².